The fourth-order valence-corrected chi connectivity index (χ4v) is 4.17. The van der Waals surface area contributed by atoms with E-state index < -0.39 is 10.0 Å². The predicted molar refractivity (Wildman–Crippen MR) is 112 cm³/mol. The fourth-order valence-electron chi connectivity index (χ4n) is 2.84. The summed E-state index contributed by atoms with van der Waals surface area (Å²) in [6.07, 6.45) is 3.64. The molecule has 0 radical (unpaired) electrons. The van der Waals surface area contributed by atoms with E-state index in [1.54, 1.807) is 42.1 Å². The molecule has 0 aliphatic rings. The normalized spacial score (nSPS) is 11.3. The number of amides is 1. The van der Waals surface area contributed by atoms with Gasteiger partial charge in [-0.2, -0.15) is 5.10 Å². The van der Waals surface area contributed by atoms with Gasteiger partial charge in [-0.15, -0.1) is 0 Å². The molecule has 29 heavy (non-hydrogen) atoms. The first-order valence-corrected chi connectivity index (χ1v) is 10.7. The zero-order valence-electron chi connectivity index (χ0n) is 16.6. The molecular weight excluding hydrogens is 388 g/mol. The first-order chi connectivity index (χ1) is 13.7. The zero-order chi connectivity index (χ0) is 21.0. The van der Waals surface area contributed by atoms with E-state index in [4.69, 9.17) is 0 Å². The van der Waals surface area contributed by atoms with E-state index in [9.17, 15) is 13.2 Å². The minimum absolute atomic E-state index is 0.0772. The Morgan fingerprint density at radius 1 is 1.03 bits per heavy atom. The highest BCUT2D eigenvalue weighted by Gasteiger charge is 2.19. The Hall–Kier alpha value is -3.13. The molecule has 152 valence electrons. The SMILES string of the molecule is Cc1ccc(NS(=O)(=O)c2cc(C(=O)NCCn3cc(C)cn3)ccc2C)cc1. The van der Waals surface area contributed by atoms with Crippen molar-refractivity contribution in [1.82, 2.24) is 15.1 Å². The van der Waals surface area contributed by atoms with Gasteiger partial charge in [-0.05, 0) is 56.2 Å². The monoisotopic (exact) mass is 412 g/mol. The maximum absolute atomic E-state index is 12.8. The van der Waals surface area contributed by atoms with Crippen LogP contribution in [0.4, 0.5) is 5.69 Å². The van der Waals surface area contributed by atoms with Crippen LogP contribution in [0.3, 0.4) is 0 Å². The lowest BCUT2D eigenvalue weighted by molar-refractivity contribution is 0.0951. The molecule has 2 aromatic carbocycles. The van der Waals surface area contributed by atoms with Crippen LogP contribution in [0.2, 0.25) is 0 Å². The summed E-state index contributed by atoms with van der Waals surface area (Å²) in [5.74, 6) is -0.333. The lowest BCUT2D eigenvalue weighted by Crippen LogP contribution is -2.27. The number of sulfonamides is 1. The third-order valence-corrected chi connectivity index (χ3v) is 5.96. The summed E-state index contributed by atoms with van der Waals surface area (Å²) >= 11 is 0. The molecule has 3 aromatic rings. The average molecular weight is 413 g/mol. The van der Waals surface area contributed by atoms with Gasteiger partial charge in [-0.3, -0.25) is 14.2 Å². The summed E-state index contributed by atoms with van der Waals surface area (Å²) in [4.78, 5) is 12.5. The molecule has 8 heteroatoms. The Labute approximate surface area is 170 Å². The summed E-state index contributed by atoms with van der Waals surface area (Å²) < 4.78 is 30.0. The maximum atomic E-state index is 12.8. The van der Waals surface area contributed by atoms with Crippen LogP contribution in [0.1, 0.15) is 27.0 Å². The number of rotatable bonds is 7. The van der Waals surface area contributed by atoms with Crippen molar-refractivity contribution in [1.29, 1.82) is 0 Å². The molecule has 7 nitrogen and oxygen atoms in total. The highest BCUT2D eigenvalue weighted by molar-refractivity contribution is 7.92. The number of aromatic nitrogens is 2. The van der Waals surface area contributed by atoms with Crippen LogP contribution >= 0.6 is 0 Å². The van der Waals surface area contributed by atoms with Gasteiger partial charge in [-0.25, -0.2) is 8.42 Å². The van der Waals surface area contributed by atoms with Crippen LogP contribution in [0.15, 0.2) is 59.8 Å². The fraction of sp³-hybridized carbons (Fsp3) is 0.238. The maximum Gasteiger partial charge on any atom is 0.262 e. The van der Waals surface area contributed by atoms with Crippen LogP contribution < -0.4 is 10.0 Å². The molecule has 3 rings (SSSR count). The number of carbonyl (C=O) groups excluding carboxylic acids is 1. The molecule has 1 amide bonds. The molecule has 0 unspecified atom stereocenters. The quantitative estimate of drug-likeness (QED) is 0.624. The third-order valence-electron chi connectivity index (χ3n) is 4.43. The van der Waals surface area contributed by atoms with E-state index in [0.29, 0.717) is 24.3 Å². The molecule has 2 N–H and O–H groups in total. The van der Waals surface area contributed by atoms with Gasteiger partial charge in [0.1, 0.15) is 0 Å². The topological polar surface area (TPSA) is 93.1 Å². The van der Waals surface area contributed by atoms with Crippen molar-refractivity contribution in [3.05, 3.63) is 77.1 Å². The number of benzene rings is 2. The largest absolute Gasteiger partial charge is 0.350 e. The number of carbonyl (C=O) groups is 1. The minimum atomic E-state index is -3.82. The Morgan fingerprint density at radius 2 is 1.76 bits per heavy atom. The minimum Gasteiger partial charge on any atom is -0.350 e. The van der Waals surface area contributed by atoms with Gasteiger partial charge in [0.05, 0.1) is 17.6 Å². The van der Waals surface area contributed by atoms with E-state index in [-0.39, 0.29) is 16.4 Å². The molecule has 0 fully saturated rings. The summed E-state index contributed by atoms with van der Waals surface area (Å²) in [6.45, 7) is 6.49. The molecular formula is C21H24N4O3S. The lowest BCUT2D eigenvalue weighted by atomic mass is 10.1. The first-order valence-electron chi connectivity index (χ1n) is 9.22. The third kappa shape index (κ3) is 5.23. The van der Waals surface area contributed by atoms with E-state index in [0.717, 1.165) is 11.1 Å². The zero-order valence-corrected chi connectivity index (χ0v) is 17.5. The van der Waals surface area contributed by atoms with Crippen LogP contribution in [0, 0.1) is 20.8 Å². The number of aryl methyl sites for hydroxylation is 3. The predicted octanol–water partition coefficient (Wildman–Crippen LogP) is 3.04. The van der Waals surface area contributed by atoms with Crippen LogP contribution in [-0.2, 0) is 16.6 Å². The molecule has 0 saturated heterocycles. The first kappa shape index (κ1) is 20.6. The number of nitrogens with one attached hydrogen (secondary N) is 2. The van der Waals surface area contributed by atoms with Crippen molar-refractivity contribution in [3.8, 4) is 0 Å². The number of anilines is 1. The van der Waals surface area contributed by atoms with E-state index in [2.05, 4.69) is 15.1 Å². The second-order valence-corrected chi connectivity index (χ2v) is 8.64. The standard InChI is InChI=1S/C21H24N4O3S/c1-15-4-8-19(9-5-15)24-29(27,28)20-12-18(7-6-17(20)3)21(26)22-10-11-25-14-16(2)13-23-25/h4-9,12-14,24H,10-11H2,1-3H3,(H,22,26). The van der Waals surface area contributed by atoms with Crippen molar-refractivity contribution < 1.29 is 13.2 Å². The van der Waals surface area contributed by atoms with Crippen LogP contribution in [-0.4, -0.2) is 30.7 Å². The van der Waals surface area contributed by atoms with Gasteiger partial charge >= 0.3 is 0 Å². The summed E-state index contributed by atoms with van der Waals surface area (Å²) in [5.41, 5.74) is 3.41. The second kappa shape index (κ2) is 8.48. The van der Waals surface area contributed by atoms with Crippen molar-refractivity contribution in [2.75, 3.05) is 11.3 Å². The Bertz CT molecular complexity index is 1120. The second-order valence-electron chi connectivity index (χ2n) is 6.99. The molecule has 0 saturated carbocycles. The van der Waals surface area contributed by atoms with E-state index >= 15 is 0 Å². The number of hydrogen-bond acceptors (Lipinski definition) is 4. The lowest BCUT2D eigenvalue weighted by Gasteiger charge is -2.12. The number of nitrogens with zero attached hydrogens (tertiary/aromatic N) is 2. The molecule has 0 bridgehead atoms. The van der Waals surface area contributed by atoms with Crippen molar-refractivity contribution in [3.63, 3.8) is 0 Å². The summed E-state index contributed by atoms with van der Waals surface area (Å²) in [6, 6.07) is 11.7. The van der Waals surface area contributed by atoms with Gasteiger partial charge in [0.25, 0.3) is 15.9 Å². The molecule has 0 aliphatic heterocycles. The Kier molecular flexibility index (Phi) is 6.03. The van der Waals surface area contributed by atoms with Gasteiger partial charge in [0.15, 0.2) is 0 Å². The van der Waals surface area contributed by atoms with Gasteiger partial charge in [0, 0.05) is 24.0 Å². The van der Waals surface area contributed by atoms with Gasteiger partial charge < -0.3 is 5.32 Å². The van der Waals surface area contributed by atoms with Crippen molar-refractivity contribution >= 4 is 21.6 Å². The Balaban J connectivity index is 1.72. The highest BCUT2D eigenvalue weighted by Crippen LogP contribution is 2.21. The molecule has 1 heterocycles. The molecule has 1 aromatic heterocycles. The average Bonchev–Trinajstić information content (AvgIpc) is 3.08. The molecule has 0 aliphatic carbocycles. The van der Waals surface area contributed by atoms with Gasteiger partial charge in [0.2, 0.25) is 0 Å². The van der Waals surface area contributed by atoms with Crippen LogP contribution in [0.5, 0.6) is 0 Å². The smallest absolute Gasteiger partial charge is 0.262 e. The molecule has 0 atom stereocenters. The van der Waals surface area contributed by atoms with Crippen molar-refractivity contribution in [2.24, 2.45) is 0 Å². The summed E-state index contributed by atoms with van der Waals surface area (Å²) in [7, 11) is -3.82. The van der Waals surface area contributed by atoms with Crippen molar-refractivity contribution in [2.45, 2.75) is 32.2 Å². The highest BCUT2D eigenvalue weighted by atomic mass is 32.2. The Morgan fingerprint density at radius 3 is 2.41 bits per heavy atom. The number of hydrogen-bond donors (Lipinski definition) is 2. The molecule has 0 spiro atoms. The summed E-state index contributed by atoms with van der Waals surface area (Å²) in [5, 5.41) is 6.96. The van der Waals surface area contributed by atoms with Crippen LogP contribution in [0.25, 0.3) is 0 Å². The van der Waals surface area contributed by atoms with E-state index in [1.807, 2.05) is 32.2 Å². The van der Waals surface area contributed by atoms with Gasteiger partial charge in [-0.1, -0.05) is 23.8 Å². The van der Waals surface area contributed by atoms with E-state index in [1.165, 1.54) is 6.07 Å².